The van der Waals surface area contributed by atoms with Gasteiger partial charge in [-0.2, -0.15) is 9.65 Å². The summed E-state index contributed by atoms with van der Waals surface area (Å²) >= 11 is 0. The Balaban J connectivity index is 2.55. The molecule has 2 heterocycles. The molecule has 5 heteroatoms. The molecule has 0 aliphatic heterocycles. The average Bonchev–Trinajstić information content (AvgIpc) is 2.29. The van der Waals surface area contributed by atoms with Crippen molar-refractivity contribution in [1.29, 1.82) is 5.26 Å². The highest BCUT2D eigenvalue weighted by atomic mass is 19.1. The minimum Gasteiger partial charge on any atom is -0.262 e. The van der Waals surface area contributed by atoms with E-state index in [0.29, 0.717) is 0 Å². The number of pyridine rings is 2. The van der Waals surface area contributed by atoms with Crippen molar-refractivity contribution in [3.63, 3.8) is 0 Å². The van der Waals surface area contributed by atoms with Crippen LogP contribution in [0.25, 0.3) is 11.3 Å². The SMILES string of the molecule is N#Cc1ccc(-c2ccncc2F)nc1F. The number of rotatable bonds is 1. The Labute approximate surface area is 90.0 Å². The van der Waals surface area contributed by atoms with Crippen molar-refractivity contribution in [3.05, 3.63) is 47.9 Å². The van der Waals surface area contributed by atoms with Crippen LogP contribution in [-0.2, 0) is 0 Å². The van der Waals surface area contributed by atoms with E-state index in [0.717, 1.165) is 6.20 Å². The summed E-state index contributed by atoms with van der Waals surface area (Å²) in [5, 5.41) is 8.52. The van der Waals surface area contributed by atoms with Gasteiger partial charge in [0.15, 0.2) is 5.82 Å². The summed E-state index contributed by atoms with van der Waals surface area (Å²) in [5.74, 6) is -1.49. The van der Waals surface area contributed by atoms with Gasteiger partial charge in [0, 0.05) is 11.8 Å². The normalized spacial score (nSPS) is 9.81. The first-order chi connectivity index (χ1) is 7.72. The Bertz CT molecular complexity index is 576. The van der Waals surface area contributed by atoms with Crippen LogP contribution < -0.4 is 0 Å². The van der Waals surface area contributed by atoms with E-state index in [-0.39, 0.29) is 16.8 Å². The highest BCUT2D eigenvalue weighted by Crippen LogP contribution is 2.20. The van der Waals surface area contributed by atoms with Gasteiger partial charge in [0.2, 0.25) is 5.95 Å². The van der Waals surface area contributed by atoms with Gasteiger partial charge < -0.3 is 0 Å². The van der Waals surface area contributed by atoms with Gasteiger partial charge in [-0.05, 0) is 18.2 Å². The molecule has 2 aromatic rings. The second-order valence-electron chi connectivity index (χ2n) is 3.00. The van der Waals surface area contributed by atoms with Crippen LogP contribution >= 0.6 is 0 Å². The molecule has 0 radical (unpaired) electrons. The van der Waals surface area contributed by atoms with E-state index in [9.17, 15) is 8.78 Å². The second kappa shape index (κ2) is 4.03. The molecule has 3 nitrogen and oxygen atoms in total. The van der Waals surface area contributed by atoms with E-state index in [1.54, 1.807) is 6.07 Å². The molecule has 2 rings (SSSR count). The summed E-state index contributed by atoms with van der Waals surface area (Å²) in [6, 6.07) is 5.69. The zero-order valence-electron chi connectivity index (χ0n) is 7.98. The number of aromatic nitrogens is 2. The molecule has 0 aromatic carbocycles. The van der Waals surface area contributed by atoms with E-state index in [2.05, 4.69) is 9.97 Å². The molecule has 2 aromatic heterocycles. The molecule has 78 valence electrons. The van der Waals surface area contributed by atoms with Crippen LogP contribution in [0.3, 0.4) is 0 Å². The van der Waals surface area contributed by atoms with Gasteiger partial charge >= 0.3 is 0 Å². The van der Waals surface area contributed by atoms with Gasteiger partial charge in [-0.25, -0.2) is 9.37 Å². The van der Waals surface area contributed by atoms with Gasteiger partial charge in [0.1, 0.15) is 11.6 Å². The van der Waals surface area contributed by atoms with Crippen molar-refractivity contribution in [2.45, 2.75) is 0 Å². The molecule has 16 heavy (non-hydrogen) atoms. The molecule has 0 unspecified atom stereocenters. The number of nitriles is 1. The lowest BCUT2D eigenvalue weighted by atomic mass is 10.1. The summed E-state index contributed by atoms with van der Waals surface area (Å²) in [5.41, 5.74) is 0.119. The molecule has 0 aliphatic carbocycles. The van der Waals surface area contributed by atoms with E-state index >= 15 is 0 Å². The first-order valence-corrected chi connectivity index (χ1v) is 4.39. The minimum absolute atomic E-state index is 0.136. The monoisotopic (exact) mass is 217 g/mol. The third-order valence-electron chi connectivity index (χ3n) is 2.02. The quantitative estimate of drug-likeness (QED) is 0.688. The third kappa shape index (κ3) is 1.73. The van der Waals surface area contributed by atoms with Crippen LogP contribution in [0.5, 0.6) is 0 Å². The van der Waals surface area contributed by atoms with Crippen molar-refractivity contribution in [2.75, 3.05) is 0 Å². The van der Waals surface area contributed by atoms with Gasteiger partial charge in [0.05, 0.1) is 11.9 Å². The average molecular weight is 217 g/mol. The van der Waals surface area contributed by atoms with Gasteiger partial charge in [-0.3, -0.25) is 4.98 Å². The zero-order valence-corrected chi connectivity index (χ0v) is 7.98. The highest BCUT2D eigenvalue weighted by Gasteiger charge is 2.09. The molecule has 0 amide bonds. The number of nitrogens with zero attached hydrogens (tertiary/aromatic N) is 3. The maximum absolute atomic E-state index is 13.3. The number of hydrogen-bond acceptors (Lipinski definition) is 3. The zero-order chi connectivity index (χ0) is 11.5. The lowest BCUT2D eigenvalue weighted by Crippen LogP contribution is -1.94. The Kier molecular flexibility index (Phi) is 2.56. The number of hydrogen-bond donors (Lipinski definition) is 0. The van der Waals surface area contributed by atoms with Crippen molar-refractivity contribution < 1.29 is 8.78 Å². The van der Waals surface area contributed by atoms with Crippen molar-refractivity contribution >= 4 is 0 Å². The molecular weight excluding hydrogens is 212 g/mol. The van der Waals surface area contributed by atoms with E-state index < -0.39 is 11.8 Å². The van der Waals surface area contributed by atoms with E-state index in [1.807, 2.05) is 0 Å². The molecule has 0 N–H and O–H groups in total. The summed E-state index contributed by atoms with van der Waals surface area (Å²) in [4.78, 5) is 7.10. The van der Waals surface area contributed by atoms with Gasteiger partial charge in [-0.15, -0.1) is 0 Å². The summed E-state index contributed by atoms with van der Waals surface area (Å²) in [6.45, 7) is 0. The Hall–Kier alpha value is -2.35. The predicted molar refractivity (Wildman–Crippen MR) is 52.1 cm³/mol. The largest absolute Gasteiger partial charge is 0.262 e. The van der Waals surface area contributed by atoms with Crippen LogP contribution in [0.1, 0.15) is 5.56 Å². The summed E-state index contributed by atoms with van der Waals surface area (Å²) < 4.78 is 26.5. The highest BCUT2D eigenvalue weighted by molar-refractivity contribution is 5.59. The second-order valence-corrected chi connectivity index (χ2v) is 3.00. The topological polar surface area (TPSA) is 49.6 Å². The lowest BCUT2D eigenvalue weighted by molar-refractivity contribution is 0.579. The van der Waals surface area contributed by atoms with E-state index in [1.165, 1.54) is 24.4 Å². The molecular formula is C11H5F2N3. The Morgan fingerprint density at radius 2 is 2.00 bits per heavy atom. The van der Waals surface area contributed by atoms with Crippen molar-refractivity contribution in [2.24, 2.45) is 0 Å². The van der Waals surface area contributed by atoms with Crippen LogP contribution in [0, 0.1) is 23.1 Å². The molecule has 0 spiro atoms. The van der Waals surface area contributed by atoms with Gasteiger partial charge in [0.25, 0.3) is 0 Å². The molecule has 0 saturated heterocycles. The standard InChI is InChI=1S/C11H5F2N3/c12-9-6-15-4-3-8(9)10-2-1-7(5-14)11(13)16-10/h1-4,6H. The summed E-state index contributed by atoms with van der Waals surface area (Å²) in [6.07, 6.45) is 2.41. The molecule has 0 fully saturated rings. The maximum Gasteiger partial charge on any atom is 0.231 e. The first kappa shape index (κ1) is 10.2. The molecule has 0 aliphatic rings. The molecule has 0 saturated carbocycles. The fraction of sp³-hybridized carbons (Fsp3) is 0. The lowest BCUT2D eigenvalue weighted by Gasteiger charge is -2.02. The van der Waals surface area contributed by atoms with Crippen molar-refractivity contribution in [3.8, 4) is 17.3 Å². The molecule has 0 bridgehead atoms. The van der Waals surface area contributed by atoms with Crippen LogP contribution in [-0.4, -0.2) is 9.97 Å². The van der Waals surface area contributed by atoms with Crippen LogP contribution in [0.2, 0.25) is 0 Å². The van der Waals surface area contributed by atoms with E-state index in [4.69, 9.17) is 5.26 Å². The third-order valence-corrected chi connectivity index (χ3v) is 2.02. The smallest absolute Gasteiger partial charge is 0.231 e. The predicted octanol–water partition coefficient (Wildman–Crippen LogP) is 2.29. The molecule has 0 atom stereocenters. The summed E-state index contributed by atoms with van der Waals surface area (Å²) in [7, 11) is 0. The Morgan fingerprint density at radius 3 is 2.62 bits per heavy atom. The fourth-order valence-electron chi connectivity index (χ4n) is 1.25. The van der Waals surface area contributed by atoms with Gasteiger partial charge in [-0.1, -0.05) is 0 Å². The van der Waals surface area contributed by atoms with Crippen molar-refractivity contribution in [1.82, 2.24) is 9.97 Å². The first-order valence-electron chi connectivity index (χ1n) is 4.39. The number of halogens is 2. The Morgan fingerprint density at radius 1 is 1.19 bits per heavy atom. The maximum atomic E-state index is 13.3. The van der Waals surface area contributed by atoms with Crippen LogP contribution in [0.15, 0.2) is 30.6 Å². The minimum atomic E-state index is -0.906. The fourth-order valence-corrected chi connectivity index (χ4v) is 1.25. The van der Waals surface area contributed by atoms with Crippen LogP contribution in [0.4, 0.5) is 8.78 Å².